The molecule has 0 spiro atoms. The molecule has 0 saturated carbocycles. The second-order valence-corrected chi connectivity index (χ2v) is 5.40. The number of hydrogen-bond donors (Lipinski definition) is 1. The molecule has 0 atom stereocenters. The molecule has 0 bridgehead atoms. The van der Waals surface area contributed by atoms with E-state index in [2.05, 4.69) is 40.6 Å². The maximum atomic E-state index is 6.13. The molecule has 0 aliphatic carbocycles. The highest BCUT2D eigenvalue weighted by atomic mass is 16.5. The predicted molar refractivity (Wildman–Crippen MR) is 85.3 cm³/mol. The third-order valence-corrected chi connectivity index (χ3v) is 4.05. The Morgan fingerprint density at radius 2 is 1.57 bits per heavy atom. The molecule has 0 amide bonds. The third-order valence-electron chi connectivity index (χ3n) is 4.05. The summed E-state index contributed by atoms with van der Waals surface area (Å²) in [6.07, 6.45) is 2.26. The topological polar surface area (TPSA) is 24.5 Å². The monoisotopic (exact) mass is 278 g/mol. The van der Waals surface area contributed by atoms with E-state index in [1.807, 2.05) is 24.3 Å². The number of nitrogens with one attached hydrogen (secondary N) is 1. The molecule has 2 aromatic carbocycles. The van der Waals surface area contributed by atoms with Crippen molar-refractivity contribution in [3.8, 4) is 11.5 Å². The summed E-state index contributed by atoms with van der Waals surface area (Å²) >= 11 is 0. The fourth-order valence-corrected chi connectivity index (χ4v) is 2.97. The van der Waals surface area contributed by atoms with E-state index in [4.69, 9.17) is 4.74 Å². The van der Waals surface area contributed by atoms with Gasteiger partial charge in [0.15, 0.2) is 0 Å². The van der Waals surface area contributed by atoms with Crippen LogP contribution in [0.2, 0.25) is 0 Å². The molecule has 2 aliphatic heterocycles. The van der Waals surface area contributed by atoms with E-state index in [0.717, 1.165) is 43.2 Å². The Hall–Kier alpha value is -2.26. The van der Waals surface area contributed by atoms with E-state index in [1.165, 1.54) is 11.3 Å². The number of benzene rings is 2. The number of ether oxygens (including phenoxy) is 1. The molecule has 3 heteroatoms. The minimum absolute atomic E-state index is 0.926. The zero-order chi connectivity index (χ0) is 14.1. The van der Waals surface area contributed by atoms with Gasteiger partial charge in [-0.3, -0.25) is 0 Å². The van der Waals surface area contributed by atoms with Crippen LogP contribution >= 0.6 is 0 Å². The Labute approximate surface area is 124 Å². The summed E-state index contributed by atoms with van der Waals surface area (Å²) in [5.41, 5.74) is 3.58. The smallest absolute Gasteiger partial charge is 0.136 e. The molecule has 21 heavy (non-hydrogen) atoms. The lowest BCUT2D eigenvalue weighted by Crippen LogP contribution is -2.42. The molecular formula is C18H18N2O. The van der Waals surface area contributed by atoms with Gasteiger partial charge in [0.2, 0.25) is 0 Å². The molecule has 2 aliphatic rings. The van der Waals surface area contributed by atoms with Crippen molar-refractivity contribution < 1.29 is 4.74 Å². The molecule has 1 fully saturated rings. The maximum absolute atomic E-state index is 6.13. The van der Waals surface area contributed by atoms with Crippen LogP contribution in [0.25, 0.3) is 11.8 Å². The molecule has 0 aromatic heterocycles. The van der Waals surface area contributed by atoms with Crippen molar-refractivity contribution in [1.29, 1.82) is 0 Å². The minimum atomic E-state index is 0.926. The largest absolute Gasteiger partial charge is 0.456 e. The lowest BCUT2D eigenvalue weighted by molar-refractivity contribution is 0.341. The first-order valence-corrected chi connectivity index (χ1v) is 7.45. The molecule has 106 valence electrons. The second-order valence-electron chi connectivity index (χ2n) is 5.40. The van der Waals surface area contributed by atoms with Crippen LogP contribution in [0.3, 0.4) is 0 Å². The van der Waals surface area contributed by atoms with Crippen LogP contribution in [0.15, 0.2) is 48.5 Å². The Morgan fingerprint density at radius 3 is 2.43 bits per heavy atom. The summed E-state index contributed by atoms with van der Waals surface area (Å²) < 4.78 is 6.13. The first kappa shape index (κ1) is 12.5. The van der Waals surface area contributed by atoms with Crippen LogP contribution in [0.4, 0.5) is 0 Å². The highest BCUT2D eigenvalue weighted by molar-refractivity contribution is 5.86. The van der Waals surface area contributed by atoms with E-state index < -0.39 is 0 Å². The molecule has 0 radical (unpaired) electrons. The lowest BCUT2D eigenvalue weighted by Gasteiger charge is -2.31. The lowest BCUT2D eigenvalue weighted by atomic mass is 10.1. The Kier molecular flexibility index (Phi) is 3.13. The number of rotatable bonds is 1. The van der Waals surface area contributed by atoms with Crippen molar-refractivity contribution in [1.82, 2.24) is 10.2 Å². The zero-order valence-corrected chi connectivity index (χ0v) is 11.9. The molecule has 3 nitrogen and oxygen atoms in total. The van der Waals surface area contributed by atoms with Crippen LogP contribution in [0.1, 0.15) is 11.1 Å². The van der Waals surface area contributed by atoms with Crippen molar-refractivity contribution in [3.63, 3.8) is 0 Å². The molecule has 0 unspecified atom stereocenters. The number of fused-ring (bicyclic) bond motifs is 2. The first-order valence-electron chi connectivity index (χ1n) is 7.45. The average molecular weight is 278 g/mol. The van der Waals surface area contributed by atoms with E-state index in [0.29, 0.717) is 0 Å². The SMILES string of the molecule is C1=C(N2CCNCC2)c2ccccc2Oc2ccccc21. The average Bonchev–Trinajstić information content (AvgIpc) is 2.72. The van der Waals surface area contributed by atoms with Gasteiger partial charge in [-0.2, -0.15) is 0 Å². The molecule has 4 rings (SSSR count). The van der Waals surface area contributed by atoms with Gasteiger partial charge in [-0.1, -0.05) is 30.3 Å². The van der Waals surface area contributed by atoms with Gasteiger partial charge in [0.25, 0.3) is 0 Å². The number of piperazine rings is 1. The summed E-state index contributed by atoms with van der Waals surface area (Å²) in [6, 6.07) is 16.5. The van der Waals surface area contributed by atoms with Crippen molar-refractivity contribution in [2.45, 2.75) is 0 Å². The van der Waals surface area contributed by atoms with Gasteiger partial charge < -0.3 is 15.0 Å². The van der Waals surface area contributed by atoms with Crippen molar-refractivity contribution in [2.75, 3.05) is 26.2 Å². The van der Waals surface area contributed by atoms with Crippen molar-refractivity contribution in [3.05, 3.63) is 59.7 Å². The highest BCUT2D eigenvalue weighted by Crippen LogP contribution is 2.38. The summed E-state index contributed by atoms with van der Waals surface area (Å²) in [7, 11) is 0. The normalized spacial score (nSPS) is 17.1. The van der Waals surface area contributed by atoms with Crippen LogP contribution < -0.4 is 10.1 Å². The molecule has 1 N–H and O–H groups in total. The fraction of sp³-hybridized carbons (Fsp3) is 0.222. The van der Waals surface area contributed by atoms with Gasteiger partial charge in [-0.05, 0) is 24.3 Å². The van der Waals surface area contributed by atoms with E-state index in [9.17, 15) is 0 Å². The van der Waals surface area contributed by atoms with Gasteiger partial charge in [-0.25, -0.2) is 0 Å². The van der Waals surface area contributed by atoms with Gasteiger partial charge >= 0.3 is 0 Å². The summed E-state index contributed by atoms with van der Waals surface area (Å²) in [5.74, 6) is 1.86. The Bertz CT molecular complexity index is 687. The summed E-state index contributed by atoms with van der Waals surface area (Å²) in [5, 5.41) is 3.41. The van der Waals surface area contributed by atoms with Crippen LogP contribution in [0.5, 0.6) is 11.5 Å². The van der Waals surface area contributed by atoms with Crippen LogP contribution in [0, 0.1) is 0 Å². The first-order chi connectivity index (χ1) is 10.4. The van der Waals surface area contributed by atoms with Gasteiger partial charge in [0, 0.05) is 43.0 Å². The van der Waals surface area contributed by atoms with Gasteiger partial charge in [0.1, 0.15) is 11.5 Å². The van der Waals surface area contributed by atoms with E-state index >= 15 is 0 Å². The number of nitrogens with zero attached hydrogens (tertiary/aromatic N) is 1. The van der Waals surface area contributed by atoms with Crippen LogP contribution in [-0.4, -0.2) is 31.1 Å². The molecule has 2 heterocycles. The fourth-order valence-electron chi connectivity index (χ4n) is 2.97. The second kappa shape index (κ2) is 5.26. The zero-order valence-electron chi connectivity index (χ0n) is 11.9. The van der Waals surface area contributed by atoms with Gasteiger partial charge in [-0.15, -0.1) is 0 Å². The minimum Gasteiger partial charge on any atom is -0.456 e. The molecular weight excluding hydrogens is 260 g/mol. The third kappa shape index (κ3) is 2.30. The van der Waals surface area contributed by atoms with E-state index in [-0.39, 0.29) is 0 Å². The molecule has 1 saturated heterocycles. The standard InChI is InChI=1S/C18H18N2O/c1-3-7-17-14(5-1)13-16(20-11-9-19-10-12-20)15-6-2-4-8-18(15)21-17/h1-8,13,19H,9-12H2. The summed E-state index contributed by atoms with van der Waals surface area (Å²) in [4.78, 5) is 2.45. The Morgan fingerprint density at radius 1 is 0.857 bits per heavy atom. The molecule has 2 aromatic rings. The number of para-hydroxylation sites is 2. The summed E-state index contributed by atoms with van der Waals surface area (Å²) in [6.45, 7) is 4.12. The van der Waals surface area contributed by atoms with Crippen molar-refractivity contribution in [2.24, 2.45) is 0 Å². The highest BCUT2D eigenvalue weighted by Gasteiger charge is 2.21. The Balaban J connectivity index is 1.87. The van der Waals surface area contributed by atoms with Gasteiger partial charge in [0.05, 0.1) is 0 Å². The maximum Gasteiger partial charge on any atom is 0.136 e. The quantitative estimate of drug-likeness (QED) is 0.867. The van der Waals surface area contributed by atoms with E-state index in [1.54, 1.807) is 0 Å². The predicted octanol–water partition coefficient (Wildman–Crippen LogP) is 3.20. The van der Waals surface area contributed by atoms with Crippen LogP contribution in [-0.2, 0) is 0 Å². The number of hydrogen-bond acceptors (Lipinski definition) is 3. The van der Waals surface area contributed by atoms with Crippen molar-refractivity contribution >= 4 is 11.8 Å².